The van der Waals surface area contributed by atoms with Crippen molar-refractivity contribution in [3.8, 4) is 0 Å². The number of H-pyrrole nitrogens is 1. The van der Waals surface area contributed by atoms with Gasteiger partial charge in [0, 0.05) is 0 Å². The largest absolute Gasteiger partial charge is 0.341 e. The molecule has 0 saturated carbocycles. The van der Waals surface area contributed by atoms with Gasteiger partial charge in [-0.15, -0.1) is 10.2 Å². The summed E-state index contributed by atoms with van der Waals surface area (Å²) in [6.45, 7) is 3.88. The van der Waals surface area contributed by atoms with E-state index in [4.69, 9.17) is 11.6 Å². The molecule has 0 aliphatic rings. The minimum Gasteiger partial charge on any atom is -0.341 e. The summed E-state index contributed by atoms with van der Waals surface area (Å²) in [4.78, 5) is 15.4. The highest BCUT2D eigenvalue weighted by molar-refractivity contribution is 7.99. The first kappa shape index (κ1) is 12.3. The number of fused-ring (bicyclic) bond motifs is 1. The summed E-state index contributed by atoms with van der Waals surface area (Å²) < 4.78 is 0. The van der Waals surface area contributed by atoms with E-state index in [-0.39, 0.29) is 0 Å². The van der Waals surface area contributed by atoms with Gasteiger partial charge in [-0.05, 0) is 36.7 Å². The van der Waals surface area contributed by atoms with Gasteiger partial charge in [-0.25, -0.2) is 15.0 Å². The number of halogens is 1. The molecule has 19 heavy (non-hydrogen) atoms. The fraction of sp³-hybridized carbons (Fsp3) is 0.182. The number of aromatic amines is 1. The zero-order valence-corrected chi connectivity index (χ0v) is 11.7. The molecule has 3 rings (SSSR count). The fourth-order valence-corrected chi connectivity index (χ4v) is 2.67. The molecular weight excluding hydrogens is 284 g/mol. The predicted octanol–water partition coefficient (Wildman–Crippen LogP) is 2.56. The van der Waals surface area contributed by atoms with Crippen LogP contribution in [0, 0.1) is 13.8 Å². The summed E-state index contributed by atoms with van der Waals surface area (Å²) in [5, 5.41) is 10.0. The Hall–Kier alpha value is -1.73. The van der Waals surface area contributed by atoms with Crippen molar-refractivity contribution < 1.29 is 0 Å². The monoisotopic (exact) mass is 292 g/mol. The zero-order valence-electron chi connectivity index (χ0n) is 10.2. The Bertz CT molecular complexity index is 756. The molecule has 3 aromatic heterocycles. The summed E-state index contributed by atoms with van der Waals surface area (Å²) in [7, 11) is 0. The van der Waals surface area contributed by atoms with E-state index in [1.165, 1.54) is 18.1 Å². The molecule has 0 aliphatic carbocycles. The molecule has 1 N–H and O–H groups in total. The van der Waals surface area contributed by atoms with E-state index in [2.05, 4.69) is 30.1 Å². The third kappa shape index (κ3) is 2.15. The maximum atomic E-state index is 5.94. The molecule has 6 nitrogen and oxygen atoms in total. The standard InChI is InChI=1S/C11H9ClN6S/c1-5-6(2)10(18-17-8(5)12)19-11-7-9(14-3-13-7)15-4-16-11/h3-4H,1-2H3,(H,13,14,15,16). The Morgan fingerprint density at radius 2 is 1.89 bits per heavy atom. The van der Waals surface area contributed by atoms with Gasteiger partial charge >= 0.3 is 0 Å². The molecule has 0 spiro atoms. The normalized spacial score (nSPS) is 11.1. The Balaban J connectivity index is 2.06. The van der Waals surface area contributed by atoms with Crippen LogP contribution in [0.1, 0.15) is 11.1 Å². The first-order chi connectivity index (χ1) is 9.16. The maximum absolute atomic E-state index is 5.94. The van der Waals surface area contributed by atoms with Crippen molar-refractivity contribution in [2.75, 3.05) is 0 Å². The van der Waals surface area contributed by atoms with Crippen molar-refractivity contribution in [1.82, 2.24) is 30.1 Å². The molecule has 0 bridgehead atoms. The number of imidazole rings is 1. The molecule has 0 aliphatic heterocycles. The molecular formula is C11H9ClN6S. The van der Waals surface area contributed by atoms with Crippen LogP contribution < -0.4 is 0 Å². The summed E-state index contributed by atoms with van der Waals surface area (Å²) >= 11 is 7.36. The van der Waals surface area contributed by atoms with Gasteiger partial charge in [-0.2, -0.15) is 0 Å². The lowest BCUT2D eigenvalue weighted by molar-refractivity contribution is 0.889. The van der Waals surface area contributed by atoms with Crippen LogP contribution in [-0.2, 0) is 0 Å². The molecule has 3 heterocycles. The lowest BCUT2D eigenvalue weighted by Gasteiger charge is -2.06. The highest BCUT2D eigenvalue weighted by Crippen LogP contribution is 2.32. The minimum absolute atomic E-state index is 0.427. The molecule has 0 radical (unpaired) electrons. The molecule has 0 amide bonds. The van der Waals surface area contributed by atoms with Crippen LogP contribution in [0.5, 0.6) is 0 Å². The quantitative estimate of drug-likeness (QED) is 0.731. The Morgan fingerprint density at radius 1 is 1.05 bits per heavy atom. The summed E-state index contributed by atoms with van der Waals surface area (Å²) in [5.41, 5.74) is 3.35. The molecule has 96 valence electrons. The van der Waals surface area contributed by atoms with Crippen molar-refractivity contribution in [3.05, 3.63) is 28.9 Å². The highest BCUT2D eigenvalue weighted by atomic mass is 35.5. The second-order valence-corrected chi connectivity index (χ2v) is 5.26. The SMILES string of the molecule is Cc1c(Cl)nnc(Sc2ncnc3nc[nH]c23)c1C. The van der Waals surface area contributed by atoms with Crippen LogP contribution in [0.25, 0.3) is 11.2 Å². The maximum Gasteiger partial charge on any atom is 0.181 e. The van der Waals surface area contributed by atoms with Crippen LogP contribution in [0.3, 0.4) is 0 Å². The fourth-order valence-electron chi connectivity index (χ4n) is 1.56. The second-order valence-electron chi connectivity index (χ2n) is 3.93. The van der Waals surface area contributed by atoms with E-state index in [1.54, 1.807) is 6.33 Å². The van der Waals surface area contributed by atoms with E-state index >= 15 is 0 Å². The van der Waals surface area contributed by atoms with E-state index in [1.807, 2.05) is 13.8 Å². The lowest BCUT2D eigenvalue weighted by Crippen LogP contribution is -1.96. The van der Waals surface area contributed by atoms with Crippen LogP contribution in [0.4, 0.5) is 0 Å². The number of nitrogens with one attached hydrogen (secondary N) is 1. The minimum atomic E-state index is 0.427. The van der Waals surface area contributed by atoms with Crippen molar-refractivity contribution in [1.29, 1.82) is 0 Å². The van der Waals surface area contributed by atoms with Gasteiger partial charge in [-0.1, -0.05) is 11.6 Å². The molecule has 0 atom stereocenters. The van der Waals surface area contributed by atoms with Gasteiger partial charge in [0.25, 0.3) is 0 Å². The number of rotatable bonds is 2. The summed E-state index contributed by atoms with van der Waals surface area (Å²) in [5.74, 6) is 0. The number of nitrogens with zero attached hydrogens (tertiary/aromatic N) is 5. The predicted molar refractivity (Wildman–Crippen MR) is 72.3 cm³/mol. The van der Waals surface area contributed by atoms with Gasteiger partial charge in [0.2, 0.25) is 0 Å². The van der Waals surface area contributed by atoms with Crippen LogP contribution in [-0.4, -0.2) is 30.1 Å². The lowest BCUT2D eigenvalue weighted by atomic mass is 10.2. The summed E-state index contributed by atoms with van der Waals surface area (Å²) in [6, 6.07) is 0. The summed E-state index contributed by atoms with van der Waals surface area (Å²) in [6.07, 6.45) is 3.08. The molecule has 3 aromatic rings. The van der Waals surface area contributed by atoms with Crippen molar-refractivity contribution in [2.45, 2.75) is 23.9 Å². The van der Waals surface area contributed by atoms with Gasteiger partial charge in [-0.3, -0.25) is 0 Å². The average Bonchev–Trinajstić information content (AvgIpc) is 2.89. The van der Waals surface area contributed by atoms with Gasteiger partial charge in [0.05, 0.1) is 6.33 Å². The van der Waals surface area contributed by atoms with Crippen LogP contribution in [0.2, 0.25) is 5.15 Å². The second kappa shape index (κ2) is 4.75. The van der Waals surface area contributed by atoms with Crippen molar-refractivity contribution in [3.63, 3.8) is 0 Å². The first-order valence-corrected chi connectivity index (χ1v) is 6.67. The van der Waals surface area contributed by atoms with Crippen molar-refractivity contribution in [2.24, 2.45) is 0 Å². The van der Waals surface area contributed by atoms with Crippen LogP contribution in [0.15, 0.2) is 22.7 Å². The number of hydrogen-bond acceptors (Lipinski definition) is 6. The van der Waals surface area contributed by atoms with Gasteiger partial charge in [0.15, 0.2) is 10.8 Å². The third-order valence-corrected chi connectivity index (χ3v) is 4.25. The third-order valence-electron chi connectivity index (χ3n) is 2.80. The molecule has 8 heteroatoms. The highest BCUT2D eigenvalue weighted by Gasteiger charge is 2.13. The number of hydrogen-bond donors (Lipinski definition) is 1. The van der Waals surface area contributed by atoms with E-state index in [0.29, 0.717) is 10.8 Å². The Kier molecular flexibility index (Phi) is 3.08. The molecule has 0 unspecified atom stereocenters. The van der Waals surface area contributed by atoms with E-state index < -0.39 is 0 Å². The Labute approximate surface area is 118 Å². The zero-order chi connectivity index (χ0) is 13.4. The average molecular weight is 293 g/mol. The first-order valence-electron chi connectivity index (χ1n) is 5.48. The molecule has 0 aromatic carbocycles. The number of aromatic nitrogens is 6. The van der Waals surface area contributed by atoms with Gasteiger partial charge in [0.1, 0.15) is 21.9 Å². The van der Waals surface area contributed by atoms with E-state index in [9.17, 15) is 0 Å². The smallest absolute Gasteiger partial charge is 0.181 e. The molecule has 0 saturated heterocycles. The van der Waals surface area contributed by atoms with Gasteiger partial charge < -0.3 is 4.98 Å². The van der Waals surface area contributed by atoms with E-state index in [0.717, 1.165) is 26.7 Å². The molecule has 0 fully saturated rings. The Morgan fingerprint density at radius 3 is 2.74 bits per heavy atom. The topological polar surface area (TPSA) is 80.2 Å². The van der Waals surface area contributed by atoms with Crippen molar-refractivity contribution >= 4 is 34.5 Å². The van der Waals surface area contributed by atoms with Crippen LogP contribution >= 0.6 is 23.4 Å².